The highest BCUT2D eigenvalue weighted by atomic mass is 32.2. The highest BCUT2D eigenvalue weighted by Crippen LogP contribution is 2.32. The number of nitrogens with zero attached hydrogens (tertiary/aromatic N) is 2. The molecule has 0 spiro atoms. The van der Waals surface area contributed by atoms with Gasteiger partial charge in [-0.15, -0.1) is 0 Å². The quantitative estimate of drug-likeness (QED) is 0.729. The van der Waals surface area contributed by atoms with Gasteiger partial charge >= 0.3 is 0 Å². The van der Waals surface area contributed by atoms with Crippen LogP contribution in [-0.4, -0.2) is 42.7 Å². The lowest BCUT2D eigenvalue weighted by Crippen LogP contribution is -2.47. The number of aryl methyl sites for hydroxylation is 1. The fourth-order valence-electron chi connectivity index (χ4n) is 4.00. The van der Waals surface area contributed by atoms with Gasteiger partial charge in [0.25, 0.3) is 0 Å². The number of carbonyl (C=O) groups is 1. The fourth-order valence-corrected chi connectivity index (χ4v) is 5.55. The molecule has 1 unspecified atom stereocenters. The van der Waals surface area contributed by atoms with E-state index in [1.807, 2.05) is 4.90 Å². The normalized spacial score (nSPS) is 20.4. The Morgan fingerprint density at radius 3 is 2.38 bits per heavy atom. The lowest BCUT2D eigenvalue weighted by molar-refractivity contribution is -0.138. The number of amides is 1. The van der Waals surface area contributed by atoms with Crippen LogP contribution in [0.4, 0.5) is 0 Å². The van der Waals surface area contributed by atoms with Crippen LogP contribution in [0, 0.1) is 12.8 Å². The zero-order chi connectivity index (χ0) is 20.4. The van der Waals surface area contributed by atoms with Crippen LogP contribution in [0.3, 0.4) is 0 Å². The number of hydrogen-bond donors (Lipinski definition) is 0. The molecule has 29 heavy (non-hydrogen) atoms. The van der Waals surface area contributed by atoms with Gasteiger partial charge in [0.15, 0.2) is 0 Å². The van der Waals surface area contributed by atoms with Crippen LogP contribution in [0.1, 0.15) is 36.8 Å². The van der Waals surface area contributed by atoms with Gasteiger partial charge in [-0.05, 0) is 50.3 Å². The standard InChI is InChI=1S/C23H28N2O3S/c1-18-9-11-19(12-10-18)16-25(21-13-14-21)23(26)20-6-5-15-24(17-20)29(27,28)22-7-3-2-4-8-22/h2-4,7-12,20-21H,5-6,13-17H2,1H3. The predicted octanol–water partition coefficient (Wildman–Crippen LogP) is 3.59. The van der Waals surface area contributed by atoms with Crippen molar-refractivity contribution in [2.45, 2.75) is 50.1 Å². The summed E-state index contributed by atoms with van der Waals surface area (Å²) in [4.78, 5) is 15.6. The topological polar surface area (TPSA) is 57.7 Å². The molecule has 1 amide bonds. The Kier molecular flexibility index (Phi) is 5.74. The average Bonchev–Trinajstić information content (AvgIpc) is 3.59. The van der Waals surface area contributed by atoms with Gasteiger partial charge in [0.1, 0.15) is 0 Å². The number of sulfonamides is 1. The monoisotopic (exact) mass is 412 g/mol. The van der Waals surface area contributed by atoms with Crippen LogP contribution in [0.25, 0.3) is 0 Å². The summed E-state index contributed by atoms with van der Waals surface area (Å²) < 4.78 is 27.5. The Morgan fingerprint density at radius 1 is 1.03 bits per heavy atom. The van der Waals surface area contributed by atoms with Gasteiger partial charge in [0.2, 0.25) is 15.9 Å². The van der Waals surface area contributed by atoms with Crippen molar-refractivity contribution in [3.8, 4) is 0 Å². The van der Waals surface area contributed by atoms with Gasteiger partial charge in [0, 0.05) is 25.7 Å². The maximum atomic E-state index is 13.4. The van der Waals surface area contributed by atoms with Crippen LogP contribution < -0.4 is 0 Å². The van der Waals surface area contributed by atoms with Crippen molar-refractivity contribution in [1.82, 2.24) is 9.21 Å². The van der Waals surface area contributed by atoms with E-state index >= 15 is 0 Å². The molecule has 0 bridgehead atoms. The molecule has 1 saturated heterocycles. The molecule has 2 aromatic carbocycles. The second-order valence-electron chi connectivity index (χ2n) is 8.20. The van der Waals surface area contributed by atoms with E-state index in [2.05, 4.69) is 31.2 Å². The Morgan fingerprint density at radius 2 is 1.72 bits per heavy atom. The smallest absolute Gasteiger partial charge is 0.243 e. The Hall–Kier alpha value is -2.18. The lowest BCUT2D eigenvalue weighted by atomic mass is 9.97. The van der Waals surface area contributed by atoms with Gasteiger partial charge < -0.3 is 4.90 Å². The predicted molar refractivity (Wildman–Crippen MR) is 113 cm³/mol. The van der Waals surface area contributed by atoms with Crippen molar-refractivity contribution in [2.75, 3.05) is 13.1 Å². The SMILES string of the molecule is Cc1ccc(CN(C(=O)C2CCCN(S(=O)(=O)c3ccccc3)C2)C2CC2)cc1. The van der Waals surface area contributed by atoms with E-state index in [0.717, 1.165) is 24.8 Å². The minimum absolute atomic E-state index is 0.0982. The number of carbonyl (C=O) groups excluding carboxylic acids is 1. The summed E-state index contributed by atoms with van der Waals surface area (Å²) >= 11 is 0. The molecule has 1 heterocycles. The lowest BCUT2D eigenvalue weighted by Gasteiger charge is -2.34. The molecule has 2 aliphatic rings. The van der Waals surface area contributed by atoms with Crippen LogP contribution in [0.5, 0.6) is 0 Å². The third-order valence-corrected chi connectivity index (χ3v) is 7.74. The zero-order valence-electron chi connectivity index (χ0n) is 16.8. The van der Waals surface area contributed by atoms with Gasteiger partial charge in [0.05, 0.1) is 10.8 Å². The van der Waals surface area contributed by atoms with E-state index in [0.29, 0.717) is 30.4 Å². The molecule has 0 aromatic heterocycles. The molecule has 1 saturated carbocycles. The van der Waals surface area contributed by atoms with Crippen molar-refractivity contribution >= 4 is 15.9 Å². The first-order chi connectivity index (χ1) is 13.9. The van der Waals surface area contributed by atoms with E-state index in [4.69, 9.17) is 0 Å². The molecule has 2 aromatic rings. The first-order valence-corrected chi connectivity index (χ1v) is 11.8. The average molecular weight is 413 g/mol. The fraction of sp³-hybridized carbons (Fsp3) is 0.435. The molecule has 0 N–H and O–H groups in total. The number of benzene rings is 2. The van der Waals surface area contributed by atoms with Crippen LogP contribution in [0.15, 0.2) is 59.5 Å². The largest absolute Gasteiger partial charge is 0.335 e. The summed E-state index contributed by atoms with van der Waals surface area (Å²) in [5.74, 6) is -0.172. The van der Waals surface area contributed by atoms with E-state index in [1.54, 1.807) is 30.3 Å². The van der Waals surface area contributed by atoms with E-state index < -0.39 is 10.0 Å². The van der Waals surface area contributed by atoms with Gasteiger partial charge in [-0.25, -0.2) is 8.42 Å². The Labute approximate surface area is 173 Å². The van der Waals surface area contributed by atoms with E-state index in [9.17, 15) is 13.2 Å². The van der Waals surface area contributed by atoms with Crippen molar-refractivity contribution in [2.24, 2.45) is 5.92 Å². The molecule has 0 radical (unpaired) electrons. The first kappa shape index (κ1) is 20.1. The second kappa shape index (κ2) is 8.28. The molecular formula is C23H28N2O3S. The molecule has 4 rings (SSSR count). The van der Waals surface area contributed by atoms with E-state index in [-0.39, 0.29) is 18.4 Å². The number of piperidine rings is 1. The molecule has 1 aliphatic heterocycles. The molecule has 5 nitrogen and oxygen atoms in total. The van der Waals surface area contributed by atoms with Crippen molar-refractivity contribution in [3.63, 3.8) is 0 Å². The minimum atomic E-state index is -3.56. The summed E-state index contributed by atoms with van der Waals surface area (Å²) in [5, 5.41) is 0. The summed E-state index contributed by atoms with van der Waals surface area (Å²) in [6.07, 6.45) is 3.54. The minimum Gasteiger partial charge on any atom is -0.335 e. The Balaban J connectivity index is 1.49. The molecule has 1 atom stereocenters. The van der Waals surface area contributed by atoms with Gasteiger partial charge in [-0.1, -0.05) is 48.0 Å². The third kappa shape index (κ3) is 4.54. The summed E-state index contributed by atoms with van der Waals surface area (Å²) in [7, 11) is -3.56. The first-order valence-electron chi connectivity index (χ1n) is 10.4. The van der Waals surface area contributed by atoms with Crippen LogP contribution >= 0.6 is 0 Å². The molecule has 154 valence electrons. The van der Waals surface area contributed by atoms with Gasteiger partial charge in [-0.3, -0.25) is 4.79 Å². The van der Waals surface area contributed by atoms with Crippen LogP contribution in [0.2, 0.25) is 0 Å². The molecular weight excluding hydrogens is 384 g/mol. The third-order valence-electron chi connectivity index (χ3n) is 5.86. The number of hydrogen-bond acceptors (Lipinski definition) is 3. The van der Waals surface area contributed by atoms with E-state index in [1.165, 1.54) is 9.87 Å². The molecule has 1 aliphatic carbocycles. The maximum absolute atomic E-state index is 13.4. The zero-order valence-corrected chi connectivity index (χ0v) is 17.6. The highest BCUT2D eigenvalue weighted by molar-refractivity contribution is 7.89. The second-order valence-corrected chi connectivity index (χ2v) is 10.1. The van der Waals surface area contributed by atoms with Crippen molar-refractivity contribution in [3.05, 3.63) is 65.7 Å². The van der Waals surface area contributed by atoms with Crippen LogP contribution in [-0.2, 0) is 21.4 Å². The summed E-state index contributed by atoms with van der Waals surface area (Å²) in [6.45, 7) is 3.40. The molecule has 2 fully saturated rings. The summed E-state index contributed by atoms with van der Waals surface area (Å²) in [6, 6.07) is 17.1. The molecule has 6 heteroatoms. The van der Waals surface area contributed by atoms with Crippen molar-refractivity contribution < 1.29 is 13.2 Å². The Bertz CT molecular complexity index is 953. The van der Waals surface area contributed by atoms with Gasteiger partial charge in [-0.2, -0.15) is 4.31 Å². The highest BCUT2D eigenvalue weighted by Gasteiger charge is 2.39. The van der Waals surface area contributed by atoms with Crippen molar-refractivity contribution in [1.29, 1.82) is 0 Å². The summed E-state index contributed by atoms with van der Waals surface area (Å²) in [5.41, 5.74) is 2.33. The maximum Gasteiger partial charge on any atom is 0.243 e. The number of rotatable bonds is 6.